The van der Waals surface area contributed by atoms with Crippen molar-refractivity contribution in [3.8, 4) is 22.3 Å². The largest absolute Gasteiger partial charge is 0.308 e. The minimum absolute atomic E-state index is 1.08. The molecule has 9 aromatic carbocycles. The van der Waals surface area contributed by atoms with Gasteiger partial charge in [-0.1, -0.05) is 152 Å². The Labute approximate surface area is 325 Å². The third-order valence-corrected chi connectivity index (χ3v) is 11.5. The summed E-state index contributed by atoms with van der Waals surface area (Å²) >= 11 is 1.87. The molecule has 0 aliphatic rings. The normalized spacial score (nSPS) is 11.3. The van der Waals surface area contributed by atoms with E-state index >= 15 is 0 Å². The van der Waals surface area contributed by atoms with Crippen LogP contribution in [0.3, 0.4) is 0 Å². The average Bonchev–Trinajstić information content (AvgIpc) is 3.63. The van der Waals surface area contributed by atoms with Gasteiger partial charge in [0.05, 0.1) is 17.1 Å². The molecule has 0 saturated carbocycles. The Hall–Kier alpha value is -6.94. The fourth-order valence-electron chi connectivity index (χ4n) is 7.87. The smallest absolute Gasteiger partial charge is 0.0796 e. The SMILES string of the molecule is c1ccc(-c2ccc(N(c3ccccc3)c3ccc4sc5cc6ccccc6cc5c4c3N(c3ccccc3)c3ccccc3-c3ccccc3)cc2)cc1. The lowest BCUT2D eigenvalue weighted by Gasteiger charge is -2.35. The van der Waals surface area contributed by atoms with E-state index in [9.17, 15) is 0 Å². The maximum atomic E-state index is 2.50. The summed E-state index contributed by atoms with van der Waals surface area (Å²) in [5.41, 5.74) is 11.3. The van der Waals surface area contributed by atoms with Crippen molar-refractivity contribution >= 4 is 76.4 Å². The molecular formula is C52H36N2S. The number of hydrogen-bond donors (Lipinski definition) is 0. The third-order valence-electron chi connectivity index (χ3n) is 10.4. The van der Waals surface area contributed by atoms with E-state index < -0.39 is 0 Å². The fourth-order valence-corrected chi connectivity index (χ4v) is 9.00. The van der Waals surface area contributed by atoms with Gasteiger partial charge < -0.3 is 9.80 Å². The summed E-state index contributed by atoms with van der Waals surface area (Å²) in [6.07, 6.45) is 0. The number of nitrogens with zero attached hydrogens (tertiary/aromatic N) is 2. The van der Waals surface area contributed by atoms with Crippen molar-refractivity contribution in [1.82, 2.24) is 0 Å². The Morgan fingerprint density at radius 3 is 1.51 bits per heavy atom. The molecule has 10 aromatic rings. The van der Waals surface area contributed by atoms with Crippen LogP contribution in [-0.2, 0) is 0 Å². The van der Waals surface area contributed by atoms with Crippen LogP contribution in [0.15, 0.2) is 218 Å². The maximum Gasteiger partial charge on any atom is 0.0796 e. The molecule has 0 bridgehead atoms. The van der Waals surface area contributed by atoms with Crippen LogP contribution in [0, 0.1) is 0 Å². The van der Waals surface area contributed by atoms with Crippen molar-refractivity contribution in [3.05, 3.63) is 218 Å². The zero-order chi connectivity index (χ0) is 36.6. The zero-order valence-electron chi connectivity index (χ0n) is 30.1. The van der Waals surface area contributed by atoms with Crippen LogP contribution in [0.5, 0.6) is 0 Å². The van der Waals surface area contributed by atoms with Crippen molar-refractivity contribution in [2.24, 2.45) is 0 Å². The van der Waals surface area contributed by atoms with Gasteiger partial charge in [0.1, 0.15) is 0 Å². The van der Waals surface area contributed by atoms with Gasteiger partial charge in [-0.2, -0.15) is 0 Å². The van der Waals surface area contributed by atoms with Crippen molar-refractivity contribution in [2.75, 3.05) is 9.80 Å². The molecule has 0 unspecified atom stereocenters. The zero-order valence-corrected chi connectivity index (χ0v) is 30.9. The van der Waals surface area contributed by atoms with Gasteiger partial charge in [-0.25, -0.2) is 0 Å². The highest BCUT2D eigenvalue weighted by Crippen LogP contribution is 2.54. The second kappa shape index (κ2) is 14.1. The molecule has 0 N–H and O–H groups in total. The molecule has 0 atom stereocenters. The lowest BCUT2D eigenvalue weighted by Crippen LogP contribution is -2.17. The van der Waals surface area contributed by atoms with Gasteiger partial charge in [0.2, 0.25) is 0 Å². The monoisotopic (exact) mass is 720 g/mol. The first-order valence-corrected chi connectivity index (χ1v) is 19.5. The van der Waals surface area contributed by atoms with Crippen LogP contribution in [0.4, 0.5) is 34.1 Å². The van der Waals surface area contributed by atoms with E-state index in [-0.39, 0.29) is 0 Å². The first kappa shape index (κ1) is 32.7. The molecule has 0 aliphatic heterocycles. The Bertz CT molecular complexity index is 2900. The molecule has 0 aliphatic carbocycles. The molecule has 1 aromatic heterocycles. The molecule has 3 heteroatoms. The molecule has 2 nitrogen and oxygen atoms in total. The summed E-state index contributed by atoms with van der Waals surface area (Å²) in [4.78, 5) is 4.92. The van der Waals surface area contributed by atoms with Crippen LogP contribution in [0.1, 0.15) is 0 Å². The van der Waals surface area contributed by atoms with Gasteiger partial charge in [-0.3, -0.25) is 0 Å². The molecule has 1 heterocycles. The van der Waals surface area contributed by atoms with E-state index in [2.05, 4.69) is 228 Å². The van der Waals surface area contributed by atoms with E-state index in [1.807, 2.05) is 11.3 Å². The lowest BCUT2D eigenvalue weighted by molar-refractivity contribution is 1.24. The molecule has 10 rings (SSSR count). The van der Waals surface area contributed by atoms with Gasteiger partial charge >= 0.3 is 0 Å². The number of rotatable bonds is 8. The molecule has 0 radical (unpaired) electrons. The summed E-state index contributed by atoms with van der Waals surface area (Å²) < 4.78 is 2.52. The number of para-hydroxylation sites is 3. The molecule has 0 saturated heterocycles. The van der Waals surface area contributed by atoms with E-state index in [0.717, 1.165) is 34.1 Å². The number of benzene rings is 9. The van der Waals surface area contributed by atoms with Crippen molar-refractivity contribution < 1.29 is 0 Å². The predicted octanol–water partition coefficient (Wildman–Crippen LogP) is 15.5. The number of hydrogen-bond acceptors (Lipinski definition) is 3. The predicted molar refractivity (Wildman–Crippen MR) is 237 cm³/mol. The first-order chi connectivity index (χ1) is 27.3. The Kier molecular flexibility index (Phi) is 8.40. The van der Waals surface area contributed by atoms with Gasteiger partial charge in [-0.15, -0.1) is 11.3 Å². The van der Waals surface area contributed by atoms with Gasteiger partial charge in [0, 0.05) is 42.8 Å². The lowest BCUT2D eigenvalue weighted by atomic mass is 9.99. The van der Waals surface area contributed by atoms with E-state index in [4.69, 9.17) is 0 Å². The molecule has 0 amide bonds. The van der Waals surface area contributed by atoms with E-state index in [1.165, 1.54) is 53.2 Å². The highest BCUT2D eigenvalue weighted by molar-refractivity contribution is 7.26. The molecule has 0 fully saturated rings. The van der Waals surface area contributed by atoms with Crippen molar-refractivity contribution in [3.63, 3.8) is 0 Å². The van der Waals surface area contributed by atoms with Crippen LogP contribution in [0.25, 0.3) is 53.2 Å². The maximum absolute atomic E-state index is 2.50. The van der Waals surface area contributed by atoms with Crippen molar-refractivity contribution in [2.45, 2.75) is 0 Å². The Morgan fingerprint density at radius 1 is 0.327 bits per heavy atom. The molecular weight excluding hydrogens is 685 g/mol. The summed E-state index contributed by atoms with van der Waals surface area (Å²) in [6.45, 7) is 0. The van der Waals surface area contributed by atoms with Gasteiger partial charge in [-0.05, 0) is 94.2 Å². The molecule has 55 heavy (non-hydrogen) atoms. The highest BCUT2D eigenvalue weighted by Gasteiger charge is 2.28. The Balaban J connectivity index is 1.32. The third kappa shape index (κ3) is 6.01. The summed E-state index contributed by atoms with van der Waals surface area (Å²) in [5, 5.41) is 4.97. The fraction of sp³-hybridized carbons (Fsp3) is 0. The number of fused-ring (bicyclic) bond motifs is 4. The Morgan fingerprint density at radius 2 is 0.836 bits per heavy atom. The van der Waals surface area contributed by atoms with Crippen LogP contribution < -0.4 is 9.80 Å². The summed E-state index contributed by atoms with van der Waals surface area (Å²) in [7, 11) is 0. The minimum Gasteiger partial charge on any atom is -0.308 e. The summed E-state index contributed by atoms with van der Waals surface area (Å²) in [5.74, 6) is 0. The van der Waals surface area contributed by atoms with Gasteiger partial charge in [0.15, 0.2) is 0 Å². The van der Waals surface area contributed by atoms with Crippen LogP contribution >= 0.6 is 11.3 Å². The molecule has 0 spiro atoms. The topological polar surface area (TPSA) is 6.48 Å². The van der Waals surface area contributed by atoms with Crippen LogP contribution in [-0.4, -0.2) is 0 Å². The molecule has 260 valence electrons. The second-order valence-electron chi connectivity index (χ2n) is 13.7. The minimum atomic E-state index is 1.08. The van der Waals surface area contributed by atoms with Crippen molar-refractivity contribution in [1.29, 1.82) is 0 Å². The number of anilines is 6. The van der Waals surface area contributed by atoms with Crippen LogP contribution in [0.2, 0.25) is 0 Å². The second-order valence-corrected chi connectivity index (χ2v) is 14.8. The standard InChI is InChI=1S/C52H36N2S/c1-5-17-37(18-6-1)38-29-31-44(32-30-38)53(42-23-9-3-10-24-42)48-33-34-49-51(46-35-40-21-13-14-22-41(40)36-50(46)55-49)52(48)54(43-25-11-4-12-26-43)47-28-16-15-27-45(47)39-19-7-2-8-20-39/h1-36H. The van der Waals surface area contributed by atoms with Gasteiger partial charge in [0.25, 0.3) is 0 Å². The highest BCUT2D eigenvalue weighted by atomic mass is 32.1. The number of thiophene rings is 1. The van der Waals surface area contributed by atoms with E-state index in [1.54, 1.807) is 0 Å². The summed E-state index contributed by atoms with van der Waals surface area (Å²) in [6, 6.07) is 78.9. The first-order valence-electron chi connectivity index (χ1n) is 18.7. The average molecular weight is 721 g/mol. The quantitative estimate of drug-likeness (QED) is 0.154. The van der Waals surface area contributed by atoms with E-state index in [0.29, 0.717) is 0 Å².